The monoisotopic (exact) mass is 408 g/mol. The van der Waals surface area contributed by atoms with Crippen LogP contribution in [0.4, 0.5) is 0 Å². The van der Waals surface area contributed by atoms with E-state index >= 15 is 0 Å². The van der Waals surface area contributed by atoms with E-state index < -0.39 is 0 Å². The van der Waals surface area contributed by atoms with Crippen LogP contribution in [-0.4, -0.2) is 55.0 Å². The number of hydrogen-bond acceptors (Lipinski definition) is 5. The maximum atomic E-state index is 12.9. The number of pyridine rings is 1. The third-order valence-corrected chi connectivity index (χ3v) is 5.72. The zero-order valence-corrected chi connectivity index (χ0v) is 18.0. The van der Waals surface area contributed by atoms with Gasteiger partial charge in [-0.25, -0.2) is 0 Å². The van der Waals surface area contributed by atoms with E-state index in [2.05, 4.69) is 29.0 Å². The Bertz CT molecular complexity index is 1020. The van der Waals surface area contributed by atoms with Crippen molar-refractivity contribution in [2.75, 3.05) is 13.6 Å². The molecule has 4 rings (SSSR count). The summed E-state index contributed by atoms with van der Waals surface area (Å²) < 4.78 is 9.87. The standard InChI is InChI=1S/C22H28N6O2/c1-5-27-16(3)20(15(2)24-27)8-11-26(4)22(29)21-13-17-12-19(14-28(17)25-21)30-18-6-9-23-10-7-18/h6-7,9-10,13,19H,5,8,11-12,14H2,1-4H3. The Morgan fingerprint density at radius 1 is 1.27 bits per heavy atom. The van der Waals surface area contributed by atoms with Crippen molar-refractivity contribution in [3.05, 3.63) is 58.9 Å². The summed E-state index contributed by atoms with van der Waals surface area (Å²) in [6.45, 7) is 8.33. The third kappa shape index (κ3) is 3.94. The summed E-state index contributed by atoms with van der Waals surface area (Å²) in [6.07, 6.45) is 4.98. The average Bonchev–Trinajstić information content (AvgIpc) is 3.38. The molecule has 0 aromatic carbocycles. The predicted molar refractivity (Wildman–Crippen MR) is 113 cm³/mol. The second-order valence-electron chi connectivity index (χ2n) is 7.77. The number of fused-ring (bicyclic) bond motifs is 1. The zero-order chi connectivity index (χ0) is 21.3. The normalized spacial score (nSPS) is 15.3. The van der Waals surface area contributed by atoms with Crippen molar-refractivity contribution in [3.8, 4) is 5.75 Å². The van der Waals surface area contributed by atoms with E-state index in [0.29, 0.717) is 18.8 Å². The summed E-state index contributed by atoms with van der Waals surface area (Å²) >= 11 is 0. The number of nitrogens with zero attached hydrogens (tertiary/aromatic N) is 6. The molecule has 3 aromatic rings. The van der Waals surface area contributed by atoms with Gasteiger partial charge in [-0.15, -0.1) is 0 Å². The van der Waals surface area contributed by atoms with Gasteiger partial charge in [-0.3, -0.25) is 19.1 Å². The van der Waals surface area contributed by atoms with Crippen molar-refractivity contribution < 1.29 is 9.53 Å². The van der Waals surface area contributed by atoms with E-state index in [-0.39, 0.29) is 12.0 Å². The minimum absolute atomic E-state index is 0.0258. The molecule has 0 fully saturated rings. The van der Waals surface area contributed by atoms with Crippen molar-refractivity contribution in [1.29, 1.82) is 0 Å². The molecule has 1 unspecified atom stereocenters. The van der Waals surface area contributed by atoms with Gasteiger partial charge in [-0.1, -0.05) is 0 Å². The van der Waals surface area contributed by atoms with E-state index in [4.69, 9.17) is 4.74 Å². The van der Waals surface area contributed by atoms with Gasteiger partial charge >= 0.3 is 0 Å². The zero-order valence-electron chi connectivity index (χ0n) is 18.0. The van der Waals surface area contributed by atoms with Gasteiger partial charge < -0.3 is 9.64 Å². The van der Waals surface area contributed by atoms with E-state index in [0.717, 1.165) is 36.5 Å². The lowest BCUT2D eigenvalue weighted by Crippen LogP contribution is -2.29. The fraction of sp³-hybridized carbons (Fsp3) is 0.455. The Balaban J connectivity index is 1.35. The third-order valence-electron chi connectivity index (χ3n) is 5.72. The molecule has 0 bridgehead atoms. The topological polar surface area (TPSA) is 78.1 Å². The maximum Gasteiger partial charge on any atom is 0.274 e. The lowest BCUT2D eigenvalue weighted by molar-refractivity contribution is 0.0789. The molecule has 4 heterocycles. The van der Waals surface area contributed by atoms with Gasteiger partial charge in [-0.2, -0.15) is 10.2 Å². The molecule has 1 aliphatic rings. The van der Waals surface area contributed by atoms with Crippen LogP contribution in [0.3, 0.4) is 0 Å². The first-order valence-electron chi connectivity index (χ1n) is 10.4. The van der Waals surface area contributed by atoms with Gasteiger partial charge in [0.05, 0.1) is 12.2 Å². The van der Waals surface area contributed by atoms with Crippen LogP contribution in [0.15, 0.2) is 30.6 Å². The second kappa shape index (κ2) is 8.30. The lowest BCUT2D eigenvalue weighted by atomic mass is 10.1. The first-order valence-corrected chi connectivity index (χ1v) is 10.4. The highest BCUT2D eigenvalue weighted by molar-refractivity contribution is 5.92. The van der Waals surface area contributed by atoms with Crippen LogP contribution in [-0.2, 0) is 25.9 Å². The van der Waals surface area contributed by atoms with Crippen molar-refractivity contribution in [2.24, 2.45) is 0 Å². The minimum atomic E-state index is -0.0540. The molecule has 0 saturated carbocycles. The number of carbonyl (C=O) groups is 1. The van der Waals surface area contributed by atoms with E-state index in [1.54, 1.807) is 17.3 Å². The maximum absolute atomic E-state index is 12.9. The predicted octanol–water partition coefficient (Wildman–Crippen LogP) is 2.43. The van der Waals surface area contributed by atoms with E-state index in [1.165, 1.54) is 11.3 Å². The Hall–Kier alpha value is -3.16. The Morgan fingerprint density at radius 2 is 2.03 bits per heavy atom. The number of ether oxygens (including phenoxy) is 1. The highest BCUT2D eigenvalue weighted by Gasteiger charge is 2.27. The Kier molecular flexibility index (Phi) is 5.57. The van der Waals surface area contributed by atoms with Gasteiger partial charge in [0.15, 0.2) is 5.69 Å². The fourth-order valence-electron chi connectivity index (χ4n) is 4.04. The Labute approximate surface area is 176 Å². The number of aryl methyl sites for hydroxylation is 2. The smallest absolute Gasteiger partial charge is 0.274 e. The van der Waals surface area contributed by atoms with Crippen LogP contribution in [0, 0.1) is 13.8 Å². The van der Waals surface area contributed by atoms with Gasteiger partial charge in [-0.05, 0) is 51.0 Å². The molecule has 8 heteroatoms. The summed E-state index contributed by atoms with van der Waals surface area (Å²) in [4.78, 5) is 18.6. The molecule has 158 valence electrons. The van der Waals surface area contributed by atoms with Crippen molar-refractivity contribution >= 4 is 5.91 Å². The first-order chi connectivity index (χ1) is 14.5. The molecule has 3 aromatic heterocycles. The summed E-state index contributed by atoms with van der Waals surface area (Å²) in [5.74, 6) is 0.746. The van der Waals surface area contributed by atoms with Crippen LogP contribution in [0.25, 0.3) is 0 Å². The van der Waals surface area contributed by atoms with Crippen LogP contribution in [0.5, 0.6) is 5.75 Å². The van der Waals surface area contributed by atoms with E-state index in [1.807, 2.05) is 41.5 Å². The molecule has 0 N–H and O–H groups in total. The molecule has 0 radical (unpaired) electrons. The molecule has 8 nitrogen and oxygen atoms in total. The van der Waals surface area contributed by atoms with Crippen molar-refractivity contribution in [3.63, 3.8) is 0 Å². The van der Waals surface area contributed by atoms with E-state index in [9.17, 15) is 4.79 Å². The molecule has 0 spiro atoms. The largest absolute Gasteiger partial charge is 0.488 e. The van der Waals surface area contributed by atoms with Crippen LogP contribution < -0.4 is 4.74 Å². The lowest BCUT2D eigenvalue weighted by Gasteiger charge is -2.16. The van der Waals surface area contributed by atoms with Crippen LogP contribution in [0.2, 0.25) is 0 Å². The summed E-state index contributed by atoms with van der Waals surface area (Å²) in [6, 6.07) is 5.58. The summed E-state index contributed by atoms with van der Waals surface area (Å²) in [5, 5.41) is 9.09. The van der Waals surface area contributed by atoms with Crippen LogP contribution in [0.1, 0.15) is 40.1 Å². The summed E-state index contributed by atoms with van der Waals surface area (Å²) in [7, 11) is 1.83. The number of rotatable bonds is 7. The second-order valence-corrected chi connectivity index (χ2v) is 7.77. The highest BCUT2D eigenvalue weighted by Crippen LogP contribution is 2.22. The average molecular weight is 409 g/mol. The number of hydrogen-bond donors (Lipinski definition) is 0. The molecular formula is C22H28N6O2. The van der Waals surface area contributed by atoms with Gasteiger partial charge in [0.1, 0.15) is 11.9 Å². The van der Waals surface area contributed by atoms with Crippen molar-refractivity contribution in [2.45, 2.75) is 52.8 Å². The number of aromatic nitrogens is 5. The van der Waals surface area contributed by atoms with Gasteiger partial charge in [0.25, 0.3) is 5.91 Å². The molecule has 30 heavy (non-hydrogen) atoms. The van der Waals surface area contributed by atoms with Gasteiger partial charge in [0, 0.05) is 50.3 Å². The van der Waals surface area contributed by atoms with Crippen LogP contribution >= 0.6 is 0 Å². The number of carbonyl (C=O) groups excluding carboxylic acids is 1. The molecule has 1 amide bonds. The number of likely N-dealkylation sites (N-methyl/N-ethyl adjacent to an activating group) is 1. The SMILES string of the molecule is CCn1nc(C)c(CCN(C)C(=O)c2cc3n(n2)CC(Oc2ccncc2)C3)c1C. The molecule has 1 atom stereocenters. The first kappa shape index (κ1) is 20.1. The van der Waals surface area contributed by atoms with Gasteiger partial charge in [0.2, 0.25) is 0 Å². The number of amides is 1. The molecule has 1 aliphatic heterocycles. The van der Waals surface area contributed by atoms with Crippen molar-refractivity contribution in [1.82, 2.24) is 29.4 Å². The minimum Gasteiger partial charge on any atom is -0.488 e. The molecular weight excluding hydrogens is 380 g/mol. The highest BCUT2D eigenvalue weighted by atomic mass is 16.5. The quantitative estimate of drug-likeness (QED) is 0.600. The Morgan fingerprint density at radius 3 is 2.70 bits per heavy atom. The molecule has 0 aliphatic carbocycles. The summed E-state index contributed by atoms with van der Waals surface area (Å²) in [5.41, 5.74) is 4.96. The fourth-order valence-corrected chi connectivity index (χ4v) is 4.04. The molecule has 0 saturated heterocycles.